The molecule has 0 radical (unpaired) electrons. The van der Waals surface area contributed by atoms with E-state index in [0.717, 1.165) is 30.2 Å². The van der Waals surface area contributed by atoms with Crippen LogP contribution in [0.5, 0.6) is 0 Å². The minimum atomic E-state index is -0.227. The van der Waals surface area contributed by atoms with Gasteiger partial charge < -0.3 is 10.0 Å². The first-order valence-electron chi connectivity index (χ1n) is 6.08. The molecule has 1 aromatic heterocycles. The zero-order chi connectivity index (χ0) is 12.3. The highest BCUT2D eigenvalue weighted by Gasteiger charge is 2.19. The molecule has 5 heteroatoms. The lowest BCUT2D eigenvalue weighted by molar-refractivity contribution is 0.153. The minimum absolute atomic E-state index is 0.227. The Morgan fingerprint density at radius 2 is 2.24 bits per heavy atom. The van der Waals surface area contributed by atoms with Gasteiger partial charge in [-0.05, 0) is 25.0 Å². The normalized spacial score (nSPS) is 20.9. The zero-order valence-corrected chi connectivity index (χ0v) is 11.2. The third-order valence-electron chi connectivity index (χ3n) is 2.70. The number of rotatable bonds is 3. The van der Waals surface area contributed by atoms with Gasteiger partial charge in [-0.25, -0.2) is 0 Å². The van der Waals surface area contributed by atoms with Gasteiger partial charge >= 0.3 is 0 Å². The number of β-amino-alcohol motifs (C(OH)–C–C–N with tert-alkyl or cyclic N) is 1. The molecule has 1 saturated heterocycles. The standard InChI is InChI=1S/C12H19N3OS/c1-9(2)17-12-6-5-11(13-14-12)15-7-3-4-10(16)8-15/h5-6,9-10,16H,3-4,7-8H2,1-2H3. The molecule has 94 valence electrons. The fraction of sp³-hybridized carbons (Fsp3) is 0.667. The summed E-state index contributed by atoms with van der Waals surface area (Å²) in [6.45, 7) is 5.91. The Bertz CT molecular complexity index is 355. The molecule has 0 aromatic carbocycles. The second-order valence-corrected chi connectivity index (χ2v) is 6.24. The summed E-state index contributed by atoms with van der Waals surface area (Å²) >= 11 is 1.71. The van der Waals surface area contributed by atoms with Gasteiger partial charge in [0.1, 0.15) is 5.03 Å². The van der Waals surface area contributed by atoms with Gasteiger partial charge in [-0.2, -0.15) is 0 Å². The van der Waals surface area contributed by atoms with Gasteiger partial charge in [-0.3, -0.25) is 0 Å². The third kappa shape index (κ3) is 3.57. The largest absolute Gasteiger partial charge is 0.391 e. The molecule has 1 fully saturated rings. The Hall–Kier alpha value is -0.810. The van der Waals surface area contributed by atoms with Crippen LogP contribution in [0.15, 0.2) is 17.2 Å². The number of aliphatic hydroxyl groups excluding tert-OH is 1. The highest BCUT2D eigenvalue weighted by molar-refractivity contribution is 7.99. The molecule has 0 spiro atoms. The van der Waals surface area contributed by atoms with Crippen molar-refractivity contribution in [1.29, 1.82) is 0 Å². The molecule has 1 atom stereocenters. The van der Waals surface area contributed by atoms with Gasteiger partial charge in [0.25, 0.3) is 0 Å². The number of aromatic nitrogens is 2. The smallest absolute Gasteiger partial charge is 0.151 e. The van der Waals surface area contributed by atoms with Crippen molar-refractivity contribution in [3.05, 3.63) is 12.1 Å². The van der Waals surface area contributed by atoms with E-state index in [4.69, 9.17) is 0 Å². The summed E-state index contributed by atoms with van der Waals surface area (Å²) in [6, 6.07) is 4.00. The molecule has 1 unspecified atom stereocenters. The molecular weight excluding hydrogens is 234 g/mol. The average molecular weight is 253 g/mol. The average Bonchev–Trinajstić information content (AvgIpc) is 2.29. The van der Waals surface area contributed by atoms with Gasteiger partial charge in [0.2, 0.25) is 0 Å². The number of thioether (sulfide) groups is 1. The first-order valence-corrected chi connectivity index (χ1v) is 6.96. The summed E-state index contributed by atoms with van der Waals surface area (Å²) in [5.74, 6) is 0.872. The topological polar surface area (TPSA) is 49.2 Å². The van der Waals surface area contributed by atoms with Gasteiger partial charge in [0.15, 0.2) is 5.82 Å². The number of anilines is 1. The van der Waals surface area contributed by atoms with Crippen molar-refractivity contribution >= 4 is 17.6 Å². The second kappa shape index (κ2) is 5.69. The lowest BCUT2D eigenvalue weighted by Crippen LogP contribution is -2.38. The summed E-state index contributed by atoms with van der Waals surface area (Å²) in [4.78, 5) is 2.10. The van der Waals surface area contributed by atoms with E-state index in [9.17, 15) is 5.11 Å². The van der Waals surface area contributed by atoms with Crippen LogP contribution in [0.2, 0.25) is 0 Å². The number of aliphatic hydroxyl groups is 1. The van der Waals surface area contributed by atoms with Crippen LogP contribution < -0.4 is 4.90 Å². The van der Waals surface area contributed by atoms with Crippen LogP contribution in [0.3, 0.4) is 0 Å². The number of piperidine rings is 1. The quantitative estimate of drug-likeness (QED) is 0.834. The summed E-state index contributed by atoms with van der Waals surface area (Å²) < 4.78 is 0. The van der Waals surface area contributed by atoms with Gasteiger partial charge in [0.05, 0.1) is 6.10 Å². The van der Waals surface area contributed by atoms with E-state index in [1.54, 1.807) is 11.8 Å². The van der Waals surface area contributed by atoms with E-state index >= 15 is 0 Å². The zero-order valence-electron chi connectivity index (χ0n) is 10.3. The van der Waals surface area contributed by atoms with Crippen molar-refractivity contribution in [1.82, 2.24) is 10.2 Å². The summed E-state index contributed by atoms with van der Waals surface area (Å²) in [6.07, 6.45) is 1.69. The Balaban J connectivity index is 2.01. The van der Waals surface area contributed by atoms with E-state index in [0.29, 0.717) is 11.8 Å². The van der Waals surface area contributed by atoms with Crippen LogP contribution in [0, 0.1) is 0 Å². The molecule has 1 aliphatic rings. The van der Waals surface area contributed by atoms with Crippen LogP contribution in [-0.4, -0.2) is 39.7 Å². The predicted octanol–water partition coefficient (Wildman–Crippen LogP) is 1.94. The summed E-state index contributed by atoms with van der Waals surface area (Å²) in [5, 5.41) is 19.5. The predicted molar refractivity (Wildman–Crippen MR) is 70.5 cm³/mol. The Kier molecular flexibility index (Phi) is 4.23. The summed E-state index contributed by atoms with van der Waals surface area (Å²) in [7, 11) is 0. The fourth-order valence-corrected chi connectivity index (χ4v) is 2.67. The third-order valence-corrected chi connectivity index (χ3v) is 3.63. The second-order valence-electron chi connectivity index (χ2n) is 4.64. The lowest BCUT2D eigenvalue weighted by atomic mass is 10.1. The molecule has 1 N–H and O–H groups in total. The molecule has 17 heavy (non-hydrogen) atoms. The molecule has 0 amide bonds. The van der Waals surface area contributed by atoms with Crippen molar-refractivity contribution in [2.75, 3.05) is 18.0 Å². The Morgan fingerprint density at radius 1 is 1.41 bits per heavy atom. The summed E-state index contributed by atoms with van der Waals surface area (Å²) in [5.41, 5.74) is 0. The van der Waals surface area contributed by atoms with Gasteiger partial charge in [-0.15, -0.1) is 22.0 Å². The van der Waals surface area contributed by atoms with Gasteiger partial charge in [-0.1, -0.05) is 13.8 Å². The van der Waals surface area contributed by atoms with Crippen molar-refractivity contribution in [2.45, 2.75) is 43.1 Å². The Morgan fingerprint density at radius 3 is 2.82 bits per heavy atom. The number of hydrogen-bond donors (Lipinski definition) is 1. The number of hydrogen-bond acceptors (Lipinski definition) is 5. The van der Waals surface area contributed by atoms with Crippen LogP contribution in [0.1, 0.15) is 26.7 Å². The molecule has 0 saturated carbocycles. The molecule has 1 aliphatic heterocycles. The first-order chi connectivity index (χ1) is 8.15. The lowest BCUT2D eigenvalue weighted by Gasteiger charge is -2.30. The Labute approximate surface area is 106 Å². The van der Waals surface area contributed by atoms with Crippen molar-refractivity contribution < 1.29 is 5.11 Å². The van der Waals surface area contributed by atoms with E-state index in [1.807, 2.05) is 12.1 Å². The first kappa shape index (κ1) is 12.6. The van der Waals surface area contributed by atoms with E-state index < -0.39 is 0 Å². The molecule has 2 rings (SSSR count). The van der Waals surface area contributed by atoms with Crippen LogP contribution >= 0.6 is 11.8 Å². The molecule has 0 bridgehead atoms. The van der Waals surface area contributed by atoms with Crippen molar-refractivity contribution in [2.24, 2.45) is 0 Å². The SMILES string of the molecule is CC(C)Sc1ccc(N2CCCC(O)C2)nn1. The highest BCUT2D eigenvalue weighted by Crippen LogP contribution is 2.22. The maximum absolute atomic E-state index is 9.62. The molecular formula is C12H19N3OS. The number of nitrogens with zero attached hydrogens (tertiary/aromatic N) is 3. The van der Waals surface area contributed by atoms with Crippen LogP contribution in [0.25, 0.3) is 0 Å². The molecule has 1 aromatic rings. The van der Waals surface area contributed by atoms with Crippen molar-refractivity contribution in [3.8, 4) is 0 Å². The molecule has 2 heterocycles. The van der Waals surface area contributed by atoms with E-state index in [1.165, 1.54) is 0 Å². The maximum atomic E-state index is 9.62. The highest BCUT2D eigenvalue weighted by atomic mass is 32.2. The van der Waals surface area contributed by atoms with E-state index in [2.05, 4.69) is 28.9 Å². The van der Waals surface area contributed by atoms with Crippen LogP contribution in [0.4, 0.5) is 5.82 Å². The maximum Gasteiger partial charge on any atom is 0.151 e. The molecule has 4 nitrogen and oxygen atoms in total. The minimum Gasteiger partial charge on any atom is -0.391 e. The van der Waals surface area contributed by atoms with Crippen LogP contribution in [-0.2, 0) is 0 Å². The van der Waals surface area contributed by atoms with E-state index in [-0.39, 0.29) is 6.10 Å². The van der Waals surface area contributed by atoms with Crippen molar-refractivity contribution in [3.63, 3.8) is 0 Å². The fourth-order valence-electron chi connectivity index (χ4n) is 1.95. The monoisotopic (exact) mass is 253 g/mol. The van der Waals surface area contributed by atoms with Gasteiger partial charge in [0, 0.05) is 18.3 Å². The molecule has 0 aliphatic carbocycles.